The summed E-state index contributed by atoms with van der Waals surface area (Å²) in [6.45, 7) is 1.74. The Morgan fingerprint density at radius 1 is 1.07 bits per heavy atom. The highest BCUT2D eigenvalue weighted by Gasteiger charge is 2.14. The third-order valence-electron chi connectivity index (χ3n) is 3.90. The van der Waals surface area contributed by atoms with Gasteiger partial charge in [-0.2, -0.15) is 0 Å². The molecule has 0 aliphatic rings. The number of H-pyrrole nitrogens is 1. The quantitative estimate of drug-likeness (QED) is 0.480. The number of aromatic nitrogens is 3. The van der Waals surface area contributed by atoms with Crippen molar-refractivity contribution in [2.24, 2.45) is 0 Å². The molecule has 0 aliphatic heterocycles. The standard InChI is InChI=1S/C20H18ClN5O3S/c1-2-16(27)23-15-9-4-3-8-14(15)18-19(29)24-20(26-25-18)30-11-17(28)22-13-7-5-6-12(21)10-13/h3-10H,2,11H2,1H3,(H,22,28)(H,23,27)(H,24,26,29). The minimum atomic E-state index is -0.471. The molecule has 8 nitrogen and oxygen atoms in total. The first-order chi connectivity index (χ1) is 14.5. The largest absolute Gasteiger partial charge is 0.325 e. The van der Waals surface area contributed by atoms with Gasteiger partial charge in [-0.1, -0.05) is 54.6 Å². The highest BCUT2D eigenvalue weighted by Crippen LogP contribution is 2.24. The number of benzene rings is 2. The summed E-state index contributed by atoms with van der Waals surface area (Å²) in [6.07, 6.45) is 0.309. The molecule has 154 valence electrons. The fourth-order valence-electron chi connectivity index (χ4n) is 2.50. The Hall–Kier alpha value is -3.17. The van der Waals surface area contributed by atoms with Crippen LogP contribution in [0.4, 0.5) is 11.4 Å². The lowest BCUT2D eigenvalue weighted by Crippen LogP contribution is -2.18. The van der Waals surface area contributed by atoms with Crippen molar-refractivity contribution in [2.45, 2.75) is 18.5 Å². The maximum atomic E-state index is 12.5. The summed E-state index contributed by atoms with van der Waals surface area (Å²) >= 11 is 6.94. The molecule has 3 aromatic rings. The van der Waals surface area contributed by atoms with E-state index in [1.807, 2.05) is 0 Å². The Labute approximate surface area is 181 Å². The zero-order chi connectivity index (χ0) is 21.5. The van der Waals surface area contributed by atoms with Crippen molar-refractivity contribution in [3.63, 3.8) is 0 Å². The number of amides is 2. The van der Waals surface area contributed by atoms with E-state index in [9.17, 15) is 14.4 Å². The number of aromatic amines is 1. The van der Waals surface area contributed by atoms with Crippen LogP contribution in [0.2, 0.25) is 5.02 Å². The van der Waals surface area contributed by atoms with E-state index < -0.39 is 5.56 Å². The summed E-state index contributed by atoms with van der Waals surface area (Å²) in [6, 6.07) is 13.6. The van der Waals surface area contributed by atoms with Crippen LogP contribution >= 0.6 is 23.4 Å². The molecule has 3 rings (SSSR count). The average Bonchev–Trinajstić information content (AvgIpc) is 2.73. The van der Waals surface area contributed by atoms with Crippen molar-refractivity contribution in [1.29, 1.82) is 0 Å². The van der Waals surface area contributed by atoms with E-state index in [0.717, 1.165) is 11.8 Å². The number of thioether (sulfide) groups is 1. The zero-order valence-corrected chi connectivity index (χ0v) is 17.5. The highest BCUT2D eigenvalue weighted by atomic mass is 35.5. The van der Waals surface area contributed by atoms with E-state index in [0.29, 0.717) is 28.4 Å². The fourth-order valence-corrected chi connectivity index (χ4v) is 3.29. The predicted octanol–water partition coefficient (Wildman–Crippen LogP) is 3.56. The number of nitrogens with zero attached hydrogens (tertiary/aromatic N) is 2. The molecule has 3 N–H and O–H groups in total. The molecule has 0 saturated heterocycles. The number of rotatable bonds is 7. The molecule has 0 saturated carbocycles. The van der Waals surface area contributed by atoms with Gasteiger partial charge in [-0.3, -0.25) is 19.4 Å². The number of hydrogen-bond donors (Lipinski definition) is 3. The molecule has 0 radical (unpaired) electrons. The van der Waals surface area contributed by atoms with Gasteiger partial charge < -0.3 is 10.6 Å². The molecule has 1 heterocycles. The van der Waals surface area contributed by atoms with Gasteiger partial charge in [0.05, 0.1) is 11.4 Å². The molecular formula is C20H18ClN5O3S. The first-order valence-electron chi connectivity index (χ1n) is 9.00. The van der Waals surface area contributed by atoms with Gasteiger partial charge in [-0.05, 0) is 24.3 Å². The number of anilines is 2. The molecule has 2 aromatic carbocycles. The van der Waals surface area contributed by atoms with Crippen LogP contribution in [-0.4, -0.2) is 32.7 Å². The third-order valence-corrected chi connectivity index (χ3v) is 5.00. The van der Waals surface area contributed by atoms with Gasteiger partial charge in [-0.15, -0.1) is 10.2 Å². The van der Waals surface area contributed by atoms with Crippen LogP contribution in [-0.2, 0) is 9.59 Å². The Morgan fingerprint density at radius 3 is 2.60 bits per heavy atom. The minimum absolute atomic E-state index is 0.0274. The molecule has 0 bridgehead atoms. The molecule has 2 amide bonds. The van der Waals surface area contributed by atoms with Crippen molar-refractivity contribution in [2.75, 3.05) is 16.4 Å². The molecule has 0 unspecified atom stereocenters. The van der Waals surface area contributed by atoms with E-state index in [1.54, 1.807) is 55.5 Å². The third kappa shape index (κ3) is 5.68. The van der Waals surface area contributed by atoms with Crippen LogP contribution in [0.25, 0.3) is 11.3 Å². The second-order valence-electron chi connectivity index (χ2n) is 6.10. The molecule has 1 aromatic heterocycles. The summed E-state index contributed by atoms with van der Waals surface area (Å²) in [7, 11) is 0. The number of para-hydroxylation sites is 1. The van der Waals surface area contributed by atoms with Gasteiger partial charge in [0.1, 0.15) is 0 Å². The fraction of sp³-hybridized carbons (Fsp3) is 0.150. The monoisotopic (exact) mass is 443 g/mol. The van der Waals surface area contributed by atoms with E-state index in [-0.39, 0.29) is 28.4 Å². The number of carbonyl (C=O) groups excluding carboxylic acids is 2. The molecule has 0 aliphatic carbocycles. The smallest absolute Gasteiger partial charge is 0.278 e. The maximum absolute atomic E-state index is 12.5. The van der Waals surface area contributed by atoms with Crippen LogP contribution in [0.15, 0.2) is 58.5 Å². The van der Waals surface area contributed by atoms with E-state index in [4.69, 9.17) is 11.6 Å². The first-order valence-corrected chi connectivity index (χ1v) is 10.4. The number of nitrogens with one attached hydrogen (secondary N) is 3. The average molecular weight is 444 g/mol. The van der Waals surface area contributed by atoms with Crippen LogP contribution in [0.3, 0.4) is 0 Å². The van der Waals surface area contributed by atoms with Gasteiger partial charge in [0.25, 0.3) is 5.56 Å². The summed E-state index contributed by atoms with van der Waals surface area (Å²) in [5, 5.41) is 14.2. The lowest BCUT2D eigenvalue weighted by molar-refractivity contribution is -0.116. The highest BCUT2D eigenvalue weighted by molar-refractivity contribution is 7.99. The lowest BCUT2D eigenvalue weighted by Gasteiger charge is -2.09. The van der Waals surface area contributed by atoms with Gasteiger partial charge in [0.2, 0.25) is 11.8 Å². The summed E-state index contributed by atoms with van der Waals surface area (Å²) in [4.78, 5) is 39.0. The van der Waals surface area contributed by atoms with E-state index in [1.165, 1.54) is 0 Å². The summed E-state index contributed by atoms with van der Waals surface area (Å²) in [5.41, 5.74) is 1.12. The Bertz CT molecular complexity index is 1140. The topological polar surface area (TPSA) is 117 Å². The SMILES string of the molecule is CCC(=O)Nc1ccccc1-c1nnc(SCC(=O)Nc2cccc(Cl)c2)[nH]c1=O. The first kappa shape index (κ1) is 21.5. The molecular weight excluding hydrogens is 426 g/mol. The van der Waals surface area contributed by atoms with E-state index in [2.05, 4.69) is 25.8 Å². The van der Waals surface area contributed by atoms with E-state index >= 15 is 0 Å². The summed E-state index contributed by atoms with van der Waals surface area (Å²) < 4.78 is 0. The van der Waals surface area contributed by atoms with Gasteiger partial charge >= 0.3 is 0 Å². The Morgan fingerprint density at radius 2 is 1.87 bits per heavy atom. The number of carbonyl (C=O) groups is 2. The van der Waals surface area contributed by atoms with Gasteiger partial charge in [0.15, 0.2) is 10.9 Å². The van der Waals surface area contributed by atoms with Crippen LogP contribution < -0.4 is 16.2 Å². The second kappa shape index (κ2) is 10.0. The van der Waals surface area contributed by atoms with Crippen LogP contribution in [0.5, 0.6) is 0 Å². The minimum Gasteiger partial charge on any atom is -0.325 e. The molecule has 0 fully saturated rings. The van der Waals surface area contributed by atoms with Crippen molar-refractivity contribution >= 4 is 46.6 Å². The molecule has 30 heavy (non-hydrogen) atoms. The van der Waals surface area contributed by atoms with Crippen molar-refractivity contribution < 1.29 is 9.59 Å². The van der Waals surface area contributed by atoms with Gasteiger partial charge in [-0.25, -0.2) is 0 Å². The van der Waals surface area contributed by atoms with Crippen LogP contribution in [0.1, 0.15) is 13.3 Å². The second-order valence-corrected chi connectivity index (χ2v) is 7.50. The number of hydrogen-bond acceptors (Lipinski definition) is 6. The normalized spacial score (nSPS) is 10.5. The van der Waals surface area contributed by atoms with Crippen molar-refractivity contribution in [3.05, 3.63) is 63.9 Å². The zero-order valence-electron chi connectivity index (χ0n) is 15.9. The molecule has 0 spiro atoms. The maximum Gasteiger partial charge on any atom is 0.278 e. The lowest BCUT2D eigenvalue weighted by atomic mass is 10.1. The predicted molar refractivity (Wildman–Crippen MR) is 118 cm³/mol. The van der Waals surface area contributed by atoms with Gasteiger partial charge in [0, 0.05) is 22.7 Å². The number of halogens is 1. The van der Waals surface area contributed by atoms with Crippen molar-refractivity contribution in [3.8, 4) is 11.3 Å². The Kier molecular flexibility index (Phi) is 7.21. The van der Waals surface area contributed by atoms with Crippen LogP contribution in [0, 0.1) is 0 Å². The Balaban J connectivity index is 1.70. The molecule has 0 atom stereocenters. The molecule has 10 heteroatoms. The summed E-state index contributed by atoms with van der Waals surface area (Å²) in [5.74, 6) is -0.425. The van der Waals surface area contributed by atoms with Crippen molar-refractivity contribution in [1.82, 2.24) is 15.2 Å².